The van der Waals surface area contributed by atoms with Gasteiger partial charge in [0, 0.05) is 45.5 Å². The lowest BCUT2D eigenvalue weighted by atomic mass is 10.0. The van der Waals surface area contributed by atoms with Gasteiger partial charge in [-0.05, 0) is 46.3 Å². The van der Waals surface area contributed by atoms with Crippen molar-refractivity contribution >= 4 is 5.96 Å². The van der Waals surface area contributed by atoms with Gasteiger partial charge in [-0.15, -0.1) is 0 Å². The largest absolute Gasteiger partial charge is 0.496 e. The van der Waals surface area contributed by atoms with Crippen LogP contribution in [0.3, 0.4) is 0 Å². The Morgan fingerprint density at radius 3 is 2.57 bits per heavy atom. The molecule has 0 aliphatic carbocycles. The van der Waals surface area contributed by atoms with Crippen LogP contribution < -0.4 is 10.1 Å². The van der Waals surface area contributed by atoms with Crippen LogP contribution in [0.15, 0.2) is 29.3 Å². The van der Waals surface area contributed by atoms with Gasteiger partial charge in [0.15, 0.2) is 5.96 Å². The van der Waals surface area contributed by atoms with Crippen LogP contribution in [-0.4, -0.2) is 89.6 Å². The Morgan fingerprint density at radius 1 is 1.20 bits per heavy atom. The van der Waals surface area contributed by atoms with Gasteiger partial charge >= 0.3 is 0 Å². The number of hydrogen-bond acceptors (Lipinski definition) is 5. The molecule has 1 N–H and O–H groups in total. The Morgan fingerprint density at radius 2 is 1.93 bits per heavy atom. The zero-order valence-corrected chi connectivity index (χ0v) is 19.4. The predicted octanol–water partition coefficient (Wildman–Crippen LogP) is 2.78. The van der Waals surface area contributed by atoms with E-state index in [0.29, 0.717) is 12.6 Å². The van der Waals surface area contributed by atoms with E-state index >= 15 is 0 Å². The summed E-state index contributed by atoms with van der Waals surface area (Å²) in [6.07, 6.45) is 3.35. The second-order valence-corrected chi connectivity index (χ2v) is 7.82. The van der Waals surface area contributed by atoms with E-state index in [1.54, 1.807) is 14.2 Å². The number of likely N-dealkylation sites (N-methyl/N-ethyl adjacent to an activating group) is 1. The number of guanidine groups is 1. The van der Waals surface area contributed by atoms with Gasteiger partial charge in [-0.25, -0.2) is 0 Å². The highest BCUT2D eigenvalue weighted by Crippen LogP contribution is 2.28. The number of ether oxygens (including phenoxy) is 3. The first-order valence-corrected chi connectivity index (χ1v) is 11.0. The van der Waals surface area contributed by atoms with Crippen molar-refractivity contribution in [3.05, 3.63) is 29.8 Å². The Labute approximate surface area is 182 Å². The molecule has 1 aliphatic heterocycles. The van der Waals surface area contributed by atoms with Gasteiger partial charge in [0.2, 0.25) is 0 Å². The van der Waals surface area contributed by atoms with Gasteiger partial charge < -0.3 is 29.3 Å². The predicted molar refractivity (Wildman–Crippen MR) is 122 cm³/mol. The monoisotopic (exact) mass is 420 g/mol. The van der Waals surface area contributed by atoms with Crippen molar-refractivity contribution in [1.29, 1.82) is 0 Å². The van der Waals surface area contributed by atoms with E-state index in [1.807, 2.05) is 12.1 Å². The summed E-state index contributed by atoms with van der Waals surface area (Å²) in [6.45, 7) is 7.09. The molecule has 1 saturated heterocycles. The standard InChI is InChI=1S/C23H40N4O3/c1-6-24-23(27-14-12-19(13-15-27)30-17-9-16-28-4)25-18-21(26(2)3)20-10-7-8-11-22(20)29-5/h7-8,10-11,19,21H,6,9,12-18H2,1-5H3,(H,24,25). The number of para-hydroxylation sites is 1. The van der Waals surface area contributed by atoms with Gasteiger partial charge in [0.05, 0.1) is 25.8 Å². The quantitative estimate of drug-likeness (QED) is 0.338. The van der Waals surface area contributed by atoms with E-state index in [0.717, 1.165) is 69.4 Å². The van der Waals surface area contributed by atoms with Crippen LogP contribution in [0.2, 0.25) is 0 Å². The number of likely N-dealkylation sites (tertiary alicyclic amines) is 1. The maximum Gasteiger partial charge on any atom is 0.193 e. The van der Waals surface area contributed by atoms with Crippen LogP contribution in [0.4, 0.5) is 0 Å². The number of methoxy groups -OCH3 is 2. The van der Waals surface area contributed by atoms with Gasteiger partial charge in [-0.3, -0.25) is 4.99 Å². The average molecular weight is 421 g/mol. The van der Waals surface area contributed by atoms with Gasteiger partial charge in [-0.1, -0.05) is 18.2 Å². The molecule has 170 valence electrons. The first kappa shape index (κ1) is 24.4. The number of nitrogens with one attached hydrogen (secondary N) is 1. The van der Waals surface area contributed by atoms with Gasteiger partial charge in [0.1, 0.15) is 5.75 Å². The highest BCUT2D eigenvalue weighted by molar-refractivity contribution is 5.80. The third-order valence-electron chi connectivity index (χ3n) is 5.46. The lowest BCUT2D eigenvalue weighted by Gasteiger charge is -2.34. The molecular weight excluding hydrogens is 380 g/mol. The van der Waals surface area contributed by atoms with E-state index in [1.165, 1.54) is 0 Å². The number of nitrogens with zero attached hydrogens (tertiary/aromatic N) is 3. The fraction of sp³-hybridized carbons (Fsp3) is 0.696. The van der Waals surface area contributed by atoms with Crippen LogP contribution >= 0.6 is 0 Å². The molecule has 7 nitrogen and oxygen atoms in total. The first-order chi connectivity index (χ1) is 14.6. The zero-order chi connectivity index (χ0) is 21.8. The maximum atomic E-state index is 6.00. The second-order valence-electron chi connectivity index (χ2n) is 7.82. The summed E-state index contributed by atoms with van der Waals surface area (Å²) in [6, 6.07) is 8.35. The minimum atomic E-state index is 0.150. The number of aliphatic imine (C=N–C) groups is 1. The SMILES string of the molecule is CCNC(=NCC(c1ccccc1OC)N(C)C)N1CCC(OCCCOC)CC1. The highest BCUT2D eigenvalue weighted by Gasteiger charge is 2.23. The topological polar surface area (TPSA) is 58.6 Å². The normalized spacial score (nSPS) is 16.7. The minimum absolute atomic E-state index is 0.150. The molecule has 1 unspecified atom stereocenters. The van der Waals surface area contributed by atoms with Crippen molar-refractivity contribution in [2.75, 3.05) is 67.7 Å². The molecule has 1 aliphatic rings. The third-order valence-corrected chi connectivity index (χ3v) is 5.46. The second kappa shape index (κ2) is 13.5. The summed E-state index contributed by atoms with van der Waals surface area (Å²) in [5.74, 6) is 1.89. The van der Waals surface area contributed by atoms with Crippen molar-refractivity contribution in [2.24, 2.45) is 4.99 Å². The maximum absolute atomic E-state index is 6.00. The van der Waals surface area contributed by atoms with Crippen LogP contribution in [-0.2, 0) is 9.47 Å². The fourth-order valence-electron chi connectivity index (χ4n) is 3.77. The summed E-state index contributed by atoms with van der Waals surface area (Å²) in [4.78, 5) is 9.55. The molecule has 7 heteroatoms. The van der Waals surface area contributed by atoms with E-state index in [-0.39, 0.29) is 6.04 Å². The van der Waals surface area contributed by atoms with Gasteiger partial charge in [-0.2, -0.15) is 0 Å². The fourth-order valence-corrected chi connectivity index (χ4v) is 3.77. The Hall–Kier alpha value is -1.83. The lowest BCUT2D eigenvalue weighted by Crippen LogP contribution is -2.47. The molecule has 1 heterocycles. The Kier molecular flexibility index (Phi) is 11.0. The minimum Gasteiger partial charge on any atom is -0.496 e. The molecule has 1 fully saturated rings. The summed E-state index contributed by atoms with van der Waals surface area (Å²) >= 11 is 0. The molecular formula is C23H40N4O3. The summed E-state index contributed by atoms with van der Waals surface area (Å²) in [7, 11) is 7.63. The molecule has 30 heavy (non-hydrogen) atoms. The first-order valence-electron chi connectivity index (χ1n) is 11.0. The molecule has 0 amide bonds. The number of piperidine rings is 1. The lowest BCUT2D eigenvalue weighted by molar-refractivity contribution is 0.00989. The van der Waals surface area contributed by atoms with Crippen LogP contribution in [0.1, 0.15) is 37.8 Å². The van der Waals surface area contributed by atoms with E-state index < -0.39 is 0 Å². The number of rotatable bonds is 11. The number of hydrogen-bond donors (Lipinski definition) is 1. The smallest absolute Gasteiger partial charge is 0.193 e. The van der Waals surface area contributed by atoms with Crippen molar-refractivity contribution in [1.82, 2.24) is 15.1 Å². The van der Waals surface area contributed by atoms with Gasteiger partial charge in [0.25, 0.3) is 0 Å². The van der Waals surface area contributed by atoms with Crippen molar-refractivity contribution in [3.8, 4) is 5.75 Å². The highest BCUT2D eigenvalue weighted by atomic mass is 16.5. The zero-order valence-electron chi connectivity index (χ0n) is 19.4. The molecule has 1 aromatic carbocycles. The Balaban J connectivity index is 1.99. The van der Waals surface area contributed by atoms with E-state index in [2.05, 4.69) is 48.3 Å². The van der Waals surface area contributed by atoms with Crippen LogP contribution in [0.25, 0.3) is 0 Å². The van der Waals surface area contributed by atoms with Crippen molar-refractivity contribution < 1.29 is 14.2 Å². The third kappa shape index (κ3) is 7.45. The Bertz CT molecular complexity index is 631. The molecule has 1 atom stereocenters. The molecule has 0 bridgehead atoms. The number of benzene rings is 1. The molecule has 0 aromatic heterocycles. The molecule has 0 spiro atoms. The van der Waals surface area contributed by atoms with E-state index in [9.17, 15) is 0 Å². The molecule has 2 rings (SSSR count). The molecule has 0 saturated carbocycles. The molecule has 0 radical (unpaired) electrons. The summed E-state index contributed by atoms with van der Waals surface area (Å²) in [5.41, 5.74) is 1.16. The molecule has 1 aromatic rings. The average Bonchev–Trinajstić information content (AvgIpc) is 2.76. The van der Waals surface area contributed by atoms with Crippen LogP contribution in [0.5, 0.6) is 5.75 Å². The summed E-state index contributed by atoms with van der Waals surface area (Å²) in [5, 5.41) is 3.47. The summed E-state index contributed by atoms with van der Waals surface area (Å²) < 4.78 is 16.7. The van der Waals surface area contributed by atoms with Crippen molar-refractivity contribution in [2.45, 2.75) is 38.3 Å². The van der Waals surface area contributed by atoms with E-state index in [4.69, 9.17) is 19.2 Å². The van der Waals surface area contributed by atoms with Crippen molar-refractivity contribution in [3.63, 3.8) is 0 Å². The van der Waals surface area contributed by atoms with Crippen LogP contribution in [0, 0.1) is 0 Å².